The zero-order valence-electron chi connectivity index (χ0n) is 11.3. The molecule has 0 aliphatic rings. The molecule has 1 unspecified atom stereocenters. The highest BCUT2D eigenvalue weighted by Gasteiger charge is 2.27. The number of likely N-dealkylation sites (N-methyl/N-ethyl adjacent to an activating group) is 1. The van der Waals surface area contributed by atoms with Crippen LogP contribution in [0, 0.1) is 5.92 Å². The van der Waals surface area contributed by atoms with Crippen LogP contribution >= 0.6 is 0 Å². The van der Waals surface area contributed by atoms with E-state index in [1.165, 1.54) is 25.7 Å². The monoisotopic (exact) mass is 214 g/mol. The van der Waals surface area contributed by atoms with Crippen LogP contribution in [0.15, 0.2) is 0 Å². The van der Waals surface area contributed by atoms with Crippen LogP contribution < -0.4 is 5.73 Å². The minimum absolute atomic E-state index is 0.194. The summed E-state index contributed by atoms with van der Waals surface area (Å²) < 4.78 is 0. The quantitative estimate of drug-likeness (QED) is 0.630. The Labute approximate surface area is 96.2 Å². The smallest absolute Gasteiger partial charge is 0.0300 e. The fourth-order valence-electron chi connectivity index (χ4n) is 1.97. The molecular weight excluding hydrogens is 184 g/mol. The average molecular weight is 214 g/mol. The Bertz CT molecular complexity index is 157. The van der Waals surface area contributed by atoms with Gasteiger partial charge in [-0.2, -0.15) is 0 Å². The molecule has 1 atom stereocenters. The highest BCUT2D eigenvalue weighted by molar-refractivity contribution is 4.85. The Morgan fingerprint density at radius 1 is 1.27 bits per heavy atom. The lowest BCUT2D eigenvalue weighted by Crippen LogP contribution is -2.50. The number of nitrogens with zero attached hydrogens (tertiary/aromatic N) is 1. The third-order valence-corrected chi connectivity index (χ3v) is 3.32. The molecule has 0 radical (unpaired) electrons. The molecule has 0 aromatic heterocycles. The van der Waals surface area contributed by atoms with Gasteiger partial charge in [0.2, 0.25) is 0 Å². The topological polar surface area (TPSA) is 29.3 Å². The molecule has 0 heterocycles. The molecule has 0 amide bonds. The van der Waals surface area contributed by atoms with E-state index in [2.05, 4.69) is 39.6 Å². The third kappa shape index (κ3) is 5.53. The van der Waals surface area contributed by atoms with Crippen LogP contribution in [-0.4, -0.2) is 30.6 Å². The summed E-state index contributed by atoms with van der Waals surface area (Å²) in [5, 5.41) is 0. The van der Waals surface area contributed by atoms with Crippen LogP contribution in [0.5, 0.6) is 0 Å². The van der Waals surface area contributed by atoms with E-state index < -0.39 is 0 Å². The predicted octanol–water partition coefficient (Wildman–Crippen LogP) is 2.87. The molecule has 0 fully saturated rings. The molecule has 0 aliphatic heterocycles. The van der Waals surface area contributed by atoms with Gasteiger partial charge in [0.25, 0.3) is 0 Å². The first-order chi connectivity index (χ1) is 6.96. The second-order valence-electron chi connectivity index (χ2n) is 5.43. The lowest BCUT2D eigenvalue weighted by Gasteiger charge is -2.39. The van der Waals surface area contributed by atoms with Crippen molar-refractivity contribution in [3.05, 3.63) is 0 Å². The van der Waals surface area contributed by atoms with E-state index in [-0.39, 0.29) is 5.54 Å². The summed E-state index contributed by atoms with van der Waals surface area (Å²) in [6.45, 7) is 11.0. The third-order valence-electron chi connectivity index (χ3n) is 3.32. The first kappa shape index (κ1) is 14.9. The van der Waals surface area contributed by atoms with Crippen molar-refractivity contribution in [1.29, 1.82) is 0 Å². The Balaban J connectivity index is 4.14. The molecule has 0 saturated heterocycles. The van der Waals surface area contributed by atoms with Gasteiger partial charge in [-0.05, 0) is 26.3 Å². The molecule has 0 aliphatic carbocycles. The van der Waals surface area contributed by atoms with Gasteiger partial charge in [0, 0.05) is 18.6 Å². The fraction of sp³-hybridized carbons (Fsp3) is 1.00. The summed E-state index contributed by atoms with van der Waals surface area (Å²) in [6, 6.07) is 0. The van der Waals surface area contributed by atoms with E-state index in [0.717, 1.165) is 13.1 Å². The molecular formula is C13H30N2. The Morgan fingerprint density at radius 3 is 2.27 bits per heavy atom. The zero-order valence-corrected chi connectivity index (χ0v) is 11.3. The Kier molecular flexibility index (Phi) is 7.20. The minimum Gasteiger partial charge on any atom is -0.329 e. The molecule has 0 rings (SSSR count). The summed E-state index contributed by atoms with van der Waals surface area (Å²) in [6.07, 6.45) is 5.13. The van der Waals surface area contributed by atoms with Crippen molar-refractivity contribution < 1.29 is 0 Å². The molecule has 0 bridgehead atoms. The molecule has 0 aromatic carbocycles. The summed E-state index contributed by atoms with van der Waals surface area (Å²) >= 11 is 0. The minimum atomic E-state index is 0.194. The Morgan fingerprint density at radius 2 is 1.87 bits per heavy atom. The van der Waals surface area contributed by atoms with Crippen molar-refractivity contribution in [3.63, 3.8) is 0 Å². The summed E-state index contributed by atoms with van der Waals surface area (Å²) in [5.41, 5.74) is 6.12. The second kappa shape index (κ2) is 7.24. The van der Waals surface area contributed by atoms with Crippen molar-refractivity contribution in [2.45, 2.75) is 58.9 Å². The van der Waals surface area contributed by atoms with Crippen molar-refractivity contribution in [1.82, 2.24) is 4.90 Å². The lowest BCUT2D eigenvalue weighted by atomic mass is 9.92. The highest BCUT2D eigenvalue weighted by Crippen LogP contribution is 2.21. The molecule has 2 N–H and O–H groups in total. The lowest BCUT2D eigenvalue weighted by molar-refractivity contribution is 0.116. The van der Waals surface area contributed by atoms with Gasteiger partial charge in [-0.3, -0.25) is 4.90 Å². The maximum absolute atomic E-state index is 5.92. The second-order valence-corrected chi connectivity index (χ2v) is 5.43. The first-order valence-electron chi connectivity index (χ1n) is 6.37. The van der Waals surface area contributed by atoms with E-state index in [9.17, 15) is 0 Å². The van der Waals surface area contributed by atoms with Crippen LogP contribution in [0.4, 0.5) is 0 Å². The summed E-state index contributed by atoms with van der Waals surface area (Å²) in [4.78, 5) is 2.44. The SMILES string of the molecule is CCCCCC(C)(CN)N(C)CC(C)C. The first-order valence-corrected chi connectivity index (χ1v) is 6.37. The number of hydrogen-bond acceptors (Lipinski definition) is 2. The number of unbranched alkanes of at least 4 members (excludes halogenated alkanes) is 2. The van der Waals surface area contributed by atoms with Crippen LogP contribution in [0.2, 0.25) is 0 Å². The Hall–Kier alpha value is -0.0800. The van der Waals surface area contributed by atoms with Gasteiger partial charge in [0.15, 0.2) is 0 Å². The van der Waals surface area contributed by atoms with E-state index in [1.807, 2.05) is 0 Å². The average Bonchev–Trinajstić information content (AvgIpc) is 2.16. The van der Waals surface area contributed by atoms with Gasteiger partial charge >= 0.3 is 0 Å². The molecule has 0 spiro atoms. The number of rotatable bonds is 8. The van der Waals surface area contributed by atoms with E-state index >= 15 is 0 Å². The highest BCUT2D eigenvalue weighted by atomic mass is 15.2. The standard InChI is InChI=1S/C13H30N2/c1-6-7-8-9-13(4,11-14)15(5)10-12(2)3/h12H,6-11,14H2,1-5H3. The van der Waals surface area contributed by atoms with Crippen molar-refractivity contribution in [2.75, 3.05) is 20.1 Å². The zero-order chi connectivity index (χ0) is 11.9. The van der Waals surface area contributed by atoms with Gasteiger partial charge < -0.3 is 5.73 Å². The van der Waals surface area contributed by atoms with Gasteiger partial charge in [0.05, 0.1) is 0 Å². The summed E-state index contributed by atoms with van der Waals surface area (Å²) in [7, 11) is 2.21. The molecule has 2 nitrogen and oxygen atoms in total. The van der Waals surface area contributed by atoms with Crippen LogP contribution in [-0.2, 0) is 0 Å². The molecule has 2 heteroatoms. The van der Waals surface area contributed by atoms with Crippen LogP contribution in [0.25, 0.3) is 0 Å². The molecule has 92 valence electrons. The van der Waals surface area contributed by atoms with Gasteiger partial charge in [-0.1, -0.05) is 40.0 Å². The largest absolute Gasteiger partial charge is 0.329 e. The van der Waals surface area contributed by atoms with E-state index in [1.54, 1.807) is 0 Å². The normalized spacial score (nSPS) is 16.0. The van der Waals surface area contributed by atoms with Crippen molar-refractivity contribution in [2.24, 2.45) is 11.7 Å². The molecule has 0 saturated carbocycles. The maximum Gasteiger partial charge on any atom is 0.0300 e. The number of nitrogens with two attached hydrogens (primary N) is 1. The number of hydrogen-bond donors (Lipinski definition) is 1. The predicted molar refractivity (Wildman–Crippen MR) is 69.1 cm³/mol. The van der Waals surface area contributed by atoms with Gasteiger partial charge in [-0.15, -0.1) is 0 Å². The fourth-order valence-corrected chi connectivity index (χ4v) is 1.97. The molecule has 15 heavy (non-hydrogen) atoms. The van der Waals surface area contributed by atoms with E-state index in [0.29, 0.717) is 5.92 Å². The maximum atomic E-state index is 5.92. The van der Waals surface area contributed by atoms with Gasteiger partial charge in [0.1, 0.15) is 0 Å². The van der Waals surface area contributed by atoms with Gasteiger partial charge in [-0.25, -0.2) is 0 Å². The van der Waals surface area contributed by atoms with E-state index in [4.69, 9.17) is 5.73 Å². The van der Waals surface area contributed by atoms with Crippen LogP contribution in [0.3, 0.4) is 0 Å². The van der Waals surface area contributed by atoms with Crippen molar-refractivity contribution in [3.8, 4) is 0 Å². The van der Waals surface area contributed by atoms with Crippen molar-refractivity contribution >= 4 is 0 Å². The summed E-state index contributed by atoms with van der Waals surface area (Å²) in [5.74, 6) is 0.715. The molecule has 0 aromatic rings. The van der Waals surface area contributed by atoms with Crippen LogP contribution in [0.1, 0.15) is 53.4 Å².